The normalized spacial score (nSPS) is 10.8. The van der Waals surface area contributed by atoms with E-state index in [0.29, 0.717) is 5.57 Å². The summed E-state index contributed by atoms with van der Waals surface area (Å²) in [6.07, 6.45) is 5.02. The van der Waals surface area contributed by atoms with Gasteiger partial charge in [0.05, 0.1) is 6.07 Å². The fourth-order valence-electron chi connectivity index (χ4n) is 0.693. The van der Waals surface area contributed by atoms with E-state index >= 15 is 0 Å². The molecule has 0 atom stereocenters. The van der Waals surface area contributed by atoms with Gasteiger partial charge in [-0.15, -0.1) is 0 Å². The van der Waals surface area contributed by atoms with Gasteiger partial charge < -0.3 is 0 Å². The minimum atomic E-state index is 0.671. The van der Waals surface area contributed by atoms with Crippen LogP contribution >= 0.6 is 0 Å². The Labute approximate surface area is 69.0 Å². The van der Waals surface area contributed by atoms with Crippen LogP contribution in [0.3, 0.4) is 0 Å². The van der Waals surface area contributed by atoms with E-state index in [0.717, 1.165) is 19.3 Å². The van der Waals surface area contributed by atoms with Crippen molar-refractivity contribution in [3.63, 3.8) is 0 Å². The number of rotatable bonds is 4. The molecule has 0 aromatic carbocycles. The van der Waals surface area contributed by atoms with E-state index in [-0.39, 0.29) is 0 Å². The predicted octanol–water partition coefficient (Wildman–Crippen LogP) is 3.20. The molecule has 60 valence electrons. The summed E-state index contributed by atoms with van der Waals surface area (Å²) in [7, 11) is 0. The van der Waals surface area contributed by atoms with Crippen LogP contribution in [0.15, 0.2) is 23.8 Å². The Morgan fingerprint density at radius 1 is 1.64 bits per heavy atom. The van der Waals surface area contributed by atoms with Crippen LogP contribution in [-0.2, 0) is 0 Å². The Kier molecular flexibility index (Phi) is 5.20. The number of nitriles is 1. The van der Waals surface area contributed by atoms with E-state index in [1.807, 2.05) is 6.07 Å². The van der Waals surface area contributed by atoms with E-state index in [1.54, 1.807) is 0 Å². The number of allylic oxidation sites excluding steroid dienone is 3. The molecular formula is C10H15N. The molecule has 0 saturated heterocycles. The Bertz CT molecular complexity index is 193. The summed E-state index contributed by atoms with van der Waals surface area (Å²) >= 11 is 0. The average Bonchev–Trinajstić information content (AvgIpc) is 2.04. The molecule has 1 heteroatoms. The summed E-state index contributed by atoms with van der Waals surface area (Å²) in [5.74, 6) is 0. The van der Waals surface area contributed by atoms with Crippen molar-refractivity contribution in [1.29, 1.82) is 5.26 Å². The SMILES string of the molecule is C=C(C#N)CC/C=C(/C)CC. The van der Waals surface area contributed by atoms with Crippen LogP contribution in [0.1, 0.15) is 33.1 Å². The standard InChI is InChI=1S/C10H15N/c1-4-9(2)6-5-7-10(3)8-11/h6H,3-5,7H2,1-2H3/b9-6-. The smallest absolute Gasteiger partial charge is 0.0940 e. The predicted molar refractivity (Wildman–Crippen MR) is 48.0 cm³/mol. The van der Waals surface area contributed by atoms with Crippen LogP contribution < -0.4 is 0 Å². The molecule has 0 N–H and O–H groups in total. The molecule has 1 nitrogen and oxygen atoms in total. The number of nitrogens with zero attached hydrogens (tertiary/aromatic N) is 1. The summed E-state index contributed by atoms with van der Waals surface area (Å²) in [5.41, 5.74) is 2.06. The molecule has 0 saturated carbocycles. The third kappa shape index (κ3) is 5.42. The number of hydrogen-bond donors (Lipinski definition) is 0. The molecule has 0 unspecified atom stereocenters. The van der Waals surface area contributed by atoms with Gasteiger partial charge in [-0.3, -0.25) is 0 Å². The third-order valence-electron chi connectivity index (χ3n) is 1.65. The average molecular weight is 149 g/mol. The van der Waals surface area contributed by atoms with E-state index in [4.69, 9.17) is 5.26 Å². The van der Waals surface area contributed by atoms with Crippen molar-refractivity contribution in [3.05, 3.63) is 23.8 Å². The van der Waals surface area contributed by atoms with Gasteiger partial charge >= 0.3 is 0 Å². The zero-order valence-corrected chi connectivity index (χ0v) is 7.35. The van der Waals surface area contributed by atoms with Crippen molar-refractivity contribution in [2.24, 2.45) is 0 Å². The van der Waals surface area contributed by atoms with Crippen molar-refractivity contribution in [1.82, 2.24) is 0 Å². The van der Waals surface area contributed by atoms with Crippen LogP contribution in [0.25, 0.3) is 0 Å². The van der Waals surface area contributed by atoms with Gasteiger partial charge in [-0.05, 0) is 26.2 Å². The third-order valence-corrected chi connectivity index (χ3v) is 1.65. The molecule has 0 rings (SSSR count). The van der Waals surface area contributed by atoms with Crippen LogP contribution in [0.2, 0.25) is 0 Å². The van der Waals surface area contributed by atoms with Crippen LogP contribution in [0.5, 0.6) is 0 Å². The zero-order chi connectivity index (χ0) is 8.69. The first kappa shape index (κ1) is 9.97. The van der Waals surface area contributed by atoms with Gasteiger partial charge in [-0.1, -0.05) is 25.2 Å². The lowest BCUT2D eigenvalue weighted by atomic mass is 10.1. The molecule has 0 aliphatic heterocycles. The highest BCUT2D eigenvalue weighted by Crippen LogP contribution is 2.05. The highest BCUT2D eigenvalue weighted by Gasteiger charge is 1.89. The maximum absolute atomic E-state index is 8.39. The molecule has 0 fully saturated rings. The second-order valence-electron chi connectivity index (χ2n) is 2.66. The van der Waals surface area contributed by atoms with Crippen molar-refractivity contribution < 1.29 is 0 Å². The second-order valence-corrected chi connectivity index (χ2v) is 2.66. The molecular weight excluding hydrogens is 134 g/mol. The fraction of sp³-hybridized carbons (Fsp3) is 0.500. The first-order chi connectivity index (χ1) is 5.20. The van der Waals surface area contributed by atoms with Gasteiger partial charge in [0.15, 0.2) is 0 Å². The topological polar surface area (TPSA) is 23.8 Å². The Morgan fingerprint density at radius 2 is 2.27 bits per heavy atom. The second kappa shape index (κ2) is 5.73. The molecule has 0 aromatic heterocycles. The van der Waals surface area contributed by atoms with Gasteiger partial charge in [-0.2, -0.15) is 5.26 Å². The first-order valence-electron chi connectivity index (χ1n) is 3.94. The molecule has 0 amide bonds. The highest BCUT2D eigenvalue weighted by molar-refractivity contribution is 5.16. The fourth-order valence-corrected chi connectivity index (χ4v) is 0.693. The Balaban J connectivity index is 3.58. The summed E-state index contributed by atoms with van der Waals surface area (Å²) in [5, 5.41) is 8.39. The van der Waals surface area contributed by atoms with Crippen molar-refractivity contribution in [3.8, 4) is 6.07 Å². The zero-order valence-electron chi connectivity index (χ0n) is 7.35. The molecule has 11 heavy (non-hydrogen) atoms. The quantitative estimate of drug-likeness (QED) is 0.445. The van der Waals surface area contributed by atoms with Crippen molar-refractivity contribution in [2.75, 3.05) is 0 Å². The minimum absolute atomic E-state index is 0.671. The van der Waals surface area contributed by atoms with E-state index in [1.165, 1.54) is 5.57 Å². The maximum atomic E-state index is 8.39. The van der Waals surface area contributed by atoms with Gasteiger partial charge in [0.1, 0.15) is 0 Å². The molecule has 0 heterocycles. The molecule has 0 aliphatic rings. The van der Waals surface area contributed by atoms with Crippen LogP contribution in [0.4, 0.5) is 0 Å². The van der Waals surface area contributed by atoms with Gasteiger partial charge in [-0.25, -0.2) is 0 Å². The van der Waals surface area contributed by atoms with Gasteiger partial charge in [0.2, 0.25) is 0 Å². The summed E-state index contributed by atoms with van der Waals surface area (Å²) in [6, 6.07) is 2.03. The lowest BCUT2D eigenvalue weighted by Crippen LogP contribution is -1.77. The van der Waals surface area contributed by atoms with Gasteiger partial charge in [0, 0.05) is 5.57 Å². The molecule has 0 bridgehead atoms. The summed E-state index contributed by atoms with van der Waals surface area (Å²) in [6.45, 7) is 7.84. The highest BCUT2D eigenvalue weighted by atomic mass is 14.2. The molecule has 0 aliphatic carbocycles. The van der Waals surface area contributed by atoms with E-state index < -0.39 is 0 Å². The maximum Gasteiger partial charge on any atom is 0.0940 e. The lowest BCUT2D eigenvalue weighted by molar-refractivity contribution is 0.976. The number of hydrogen-bond acceptors (Lipinski definition) is 1. The molecule has 0 aromatic rings. The summed E-state index contributed by atoms with van der Waals surface area (Å²) in [4.78, 5) is 0. The van der Waals surface area contributed by atoms with E-state index in [9.17, 15) is 0 Å². The van der Waals surface area contributed by atoms with Crippen LogP contribution in [0, 0.1) is 11.3 Å². The van der Waals surface area contributed by atoms with Gasteiger partial charge in [0.25, 0.3) is 0 Å². The Morgan fingerprint density at radius 3 is 2.73 bits per heavy atom. The molecule has 0 radical (unpaired) electrons. The molecule has 0 spiro atoms. The Hall–Kier alpha value is -1.03. The van der Waals surface area contributed by atoms with E-state index in [2.05, 4.69) is 26.5 Å². The van der Waals surface area contributed by atoms with Crippen molar-refractivity contribution in [2.45, 2.75) is 33.1 Å². The van der Waals surface area contributed by atoms with Crippen molar-refractivity contribution >= 4 is 0 Å². The first-order valence-corrected chi connectivity index (χ1v) is 3.94. The monoisotopic (exact) mass is 149 g/mol. The van der Waals surface area contributed by atoms with Crippen LogP contribution in [-0.4, -0.2) is 0 Å². The lowest BCUT2D eigenvalue weighted by Gasteiger charge is -1.94. The summed E-state index contributed by atoms with van der Waals surface area (Å²) < 4.78 is 0. The largest absolute Gasteiger partial charge is 0.193 e. The minimum Gasteiger partial charge on any atom is -0.193 e.